The minimum absolute atomic E-state index is 0.0312. The van der Waals surface area contributed by atoms with Crippen LogP contribution in [-0.4, -0.2) is 36.6 Å². The van der Waals surface area contributed by atoms with E-state index in [1.165, 1.54) is 7.11 Å². The first-order chi connectivity index (χ1) is 11.7. The van der Waals surface area contributed by atoms with Crippen molar-refractivity contribution < 1.29 is 23.9 Å². The number of ether oxygens (including phenoxy) is 2. The van der Waals surface area contributed by atoms with Crippen LogP contribution in [0.5, 0.6) is 0 Å². The molecule has 0 heterocycles. The first kappa shape index (κ1) is 20.7. The number of amides is 1. The number of alkyl carbamates (subject to hydrolysis) is 1. The minimum Gasteiger partial charge on any atom is -0.467 e. The Balaban J connectivity index is 2.48. The van der Waals surface area contributed by atoms with Gasteiger partial charge in [0.2, 0.25) is 0 Å². The van der Waals surface area contributed by atoms with Crippen LogP contribution in [0, 0.1) is 0 Å². The number of carbonyl (C=O) groups is 3. The maximum atomic E-state index is 12.1. The van der Waals surface area contributed by atoms with Gasteiger partial charge in [0.05, 0.1) is 7.11 Å². The molecule has 0 saturated heterocycles. The largest absolute Gasteiger partial charge is 0.467 e. The molecule has 0 aromatic heterocycles. The van der Waals surface area contributed by atoms with Gasteiger partial charge in [-0.25, -0.2) is 9.59 Å². The second-order valence-electron chi connectivity index (χ2n) is 6.78. The highest BCUT2D eigenvalue weighted by Crippen LogP contribution is 2.10. The van der Waals surface area contributed by atoms with Gasteiger partial charge in [-0.1, -0.05) is 30.3 Å². The van der Waals surface area contributed by atoms with Crippen LogP contribution in [0.25, 0.3) is 0 Å². The Morgan fingerprint density at radius 2 is 1.72 bits per heavy atom. The number of carbonyl (C=O) groups excluding carboxylic acids is 3. The van der Waals surface area contributed by atoms with Crippen molar-refractivity contribution in [3.63, 3.8) is 0 Å². The van der Waals surface area contributed by atoms with Crippen LogP contribution in [0.2, 0.25) is 0 Å². The second kappa shape index (κ2) is 9.81. The van der Waals surface area contributed by atoms with E-state index in [1.54, 1.807) is 20.8 Å². The molecule has 0 aliphatic rings. The Kier molecular flexibility index (Phi) is 8.11. The predicted molar refractivity (Wildman–Crippen MR) is 94.2 cm³/mol. The van der Waals surface area contributed by atoms with Gasteiger partial charge in [0.25, 0.3) is 0 Å². The second-order valence-corrected chi connectivity index (χ2v) is 6.78. The summed E-state index contributed by atoms with van der Waals surface area (Å²) >= 11 is 0. The molecule has 0 aliphatic heterocycles. The summed E-state index contributed by atoms with van der Waals surface area (Å²) in [6, 6.07) is 8.81. The Hall–Kier alpha value is -2.37. The van der Waals surface area contributed by atoms with Gasteiger partial charge >= 0.3 is 12.1 Å². The zero-order chi connectivity index (χ0) is 18.9. The van der Waals surface area contributed by atoms with Crippen molar-refractivity contribution in [3.05, 3.63) is 35.9 Å². The third-order valence-corrected chi connectivity index (χ3v) is 3.42. The molecule has 0 aliphatic carbocycles. The van der Waals surface area contributed by atoms with E-state index in [-0.39, 0.29) is 18.6 Å². The summed E-state index contributed by atoms with van der Waals surface area (Å²) in [5, 5.41) is 2.47. The molecule has 1 aromatic carbocycles. The number of benzene rings is 1. The minimum atomic E-state index is -0.902. The molecule has 6 heteroatoms. The maximum Gasteiger partial charge on any atom is 0.408 e. The molecule has 1 amide bonds. The summed E-state index contributed by atoms with van der Waals surface area (Å²) in [5.41, 5.74) is 0.420. The van der Waals surface area contributed by atoms with Crippen LogP contribution < -0.4 is 5.32 Å². The normalized spacial score (nSPS) is 12.2. The number of rotatable bonds is 8. The standard InChI is InChI=1S/C19H27NO5/c1-19(2,3)25-18(23)20-16(17(22)24-4)13-12-15(21)11-10-14-8-6-5-7-9-14/h5-9,16H,10-13H2,1-4H3,(H,20,23)/t16-/m0/s1. The van der Waals surface area contributed by atoms with Gasteiger partial charge in [-0.2, -0.15) is 0 Å². The van der Waals surface area contributed by atoms with E-state index in [2.05, 4.69) is 10.1 Å². The zero-order valence-electron chi connectivity index (χ0n) is 15.3. The molecule has 1 N–H and O–H groups in total. The van der Waals surface area contributed by atoms with Crippen molar-refractivity contribution in [2.45, 2.75) is 58.1 Å². The summed E-state index contributed by atoms with van der Waals surface area (Å²) in [7, 11) is 1.24. The first-order valence-electron chi connectivity index (χ1n) is 8.34. The van der Waals surface area contributed by atoms with E-state index < -0.39 is 23.7 Å². The van der Waals surface area contributed by atoms with Gasteiger partial charge in [0, 0.05) is 12.8 Å². The third kappa shape index (κ3) is 8.88. The predicted octanol–water partition coefficient (Wildman–Crippen LogP) is 3.03. The lowest BCUT2D eigenvalue weighted by molar-refractivity contribution is -0.143. The van der Waals surface area contributed by atoms with Crippen molar-refractivity contribution in [1.82, 2.24) is 5.32 Å². The van der Waals surface area contributed by atoms with Crippen molar-refractivity contribution >= 4 is 17.8 Å². The van der Waals surface area contributed by atoms with Crippen molar-refractivity contribution in [3.8, 4) is 0 Å². The van der Waals surface area contributed by atoms with Gasteiger partial charge in [-0.05, 0) is 39.2 Å². The molecule has 0 bridgehead atoms. The average Bonchev–Trinajstić information content (AvgIpc) is 2.55. The number of methoxy groups -OCH3 is 1. The van der Waals surface area contributed by atoms with E-state index in [4.69, 9.17) is 4.74 Å². The smallest absolute Gasteiger partial charge is 0.408 e. The van der Waals surface area contributed by atoms with Crippen LogP contribution in [0.3, 0.4) is 0 Å². The lowest BCUT2D eigenvalue weighted by Gasteiger charge is -2.22. The average molecular weight is 349 g/mol. The fourth-order valence-electron chi connectivity index (χ4n) is 2.20. The molecule has 1 rings (SSSR count). The quantitative estimate of drug-likeness (QED) is 0.730. The molecular weight excluding hydrogens is 322 g/mol. The maximum absolute atomic E-state index is 12.1. The molecule has 0 radical (unpaired) electrons. The molecule has 1 atom stereocenters. The fourth-order valence-corrected chi connectivity index (χ4v) is 2.20. The number of Topliss-reactive ketones (excluding diaryl/α,β-unsaturated/α-hetero) is 1. The van der Waals surface area contributed by atoms with Crippen molar-refractivity contribution in [2.75, 3.05) is 7.11 Å². The number of aryl methyl sites for hydroxylation is 1. The van der Waals surface area contributed by atoms with Crippen LogP contribution in [-0.2, 0) is 25.5 Å². The van der Waals surface area contributed by atoms with Gasteiger partial charge in [-0.15, -0.1) is 0 Å². The summed E-state index contributed by atoms with van der Waals surface area (Å²) in [6.45, 7) is 5.19. The van der Waals surface area contributed by atoms with Crippen molar-refractivity contribution in [2.24, 2.45) is 0 Å². The number of ketones is 1. The summed E-state index contributed by atoms with van der Waals surface area (Å²) in [4.78, 5) is 35.7. The molecule has 0 spiro atoms. The summed E-state index contributed by atoms with van der Waals surface area (Å²) in [5.74, 6) is -0.564. The Labute approximate surface area is 148 Å². The van der Waals surface area contributed by atoms with Gasteiger partial charge in [-0.3, -0.25) is 4.79 Å². The number of hydrogen-bond donors (Lipinski definition) is 1. The lowest BCUT2D eigenvalue weighted by Crippen LogP contribution is -2.44. The lowest BCUT2D eigenvalue weighted by atomic mass is 10.0. The first-order valence-corrected chi connectivity index (χ1v) is 8.34. The van der Waals surface area contributed by atoms with E-state index >= 15 is 0 Å². The van der Waals surface area contributed by atoms with Crippen LogP contribution >= 0.6 is 0 Å². The van der Waals surface area contributed by atoms with Crippen molar-refractivity contribution in [1.29, 1.82) is 0 Å². The Morgan fingerprint density at radius 1 is 1.08 bits per heavy atom. The van der Waals surface area contributed by atoms with Gasteiger partial charge in [0.15, 0.2) is 0 Å². The van der Waals surface area contributed by atoms with E-state index in [1.807, 2.05) is 30.3 Å². The third-order valence-electron chi connectivity index (χ3n) is 3.42. The Bertz CT molecular complexity index is 577. The van der Waals surface area contributed by atoms with Crippen LogP contribution in [0.1, 0.15) is 45.6 Å². The summed E-state index contributed by atoms with van der Waals surface area (Å²) in [6.07, 6.45) is 0.702. The molecular formula is C19H27NO5. The molecule has 0 unspecified atom stereocenters. The highest BCUT2D eigenvalue weighted by molar-refractivity contribution is 5.83. The number of esters is 1. The van der Waals surface area contributed by atoms with E-state index in [9.17, 15) is 14.4 Å². The van der Waals surface area contributed by atoms with E-state index in [0.29, 0.717) is 12.8 Å². The fraction of sp³-hybridized carbons (Fsp3) is 0.526. The highest BCUT2D eigenvalue weighted by Gasteiger charge is 2.25. The number of nitrogens with one attached hydrogen (secondary N) is 1. The van der Waals surface area contributed by atoms with E-state index in [0.717, 1.165) is 5.56 Å². The molecule has 6 nitrogen and oxygen atoms in total. The molecule has 138 valence electrons. The molecule has 0 saturated carbocycles. The molecule has 0 fully saturated rings. The van der Waals surface area contributed by atoms with Gasteiger partial charge in [0.1, 0.15) is 17.4 Å². The van der Waals surface area contributed by atoms with Crippen LogP contribution in [0.15, 0.2) is 30.3 Å². The highest BCUT2D eigenvalue weighted by atomic mass is 16.6. The molecule has 25 heavy (non-hydrogen) atoms. The Morgan fingerprint density at radius 3 is 2.28 bits per heavy atom. The van der Waals surface area contributed by atoms with Gasteiger partial charge < -0.3 is 14.8 Å². The SMILES string of the molecule is COC(=O)[C@H](CCC(=O)CCc1ccccc1)NC(=O)OC(C)(C)C. The number of hydrogen-bond acceptors (Lipinski definition) is 5. The van der Waals surface area contributed by atoms with Crippen LogP contribution in [0.4, 0.5) is 4.79 Å². The monoisotopic (exact) mass is 349 g/mol. The summed E-state index contributed by atoms with van der Waals surface area (Å²) < 4.78 is 9.82. The zero-order valence-corrected chi connectivity index (χ0v) is 15.3. The topological polar surface area (TPSA) is 81.7 Å². The molecule has 1 aromatic rings.